The maximum absolute atomic E-state index is 13.8. The van der Waals surface area contributed by atoms with Crippen LogP contribution in [0.3, 0.4) is 0 Å². The molecule has 5 aromatic rings. The monoisotopic (exact) mass is 535 g/mol. The Morgan fingerprint density at radius 3 is 2.44 bits per heavy atom. The van der Waals surface area contributed by atoms with E-state index in [1.165, 1.54) is 4.57 Å². The van der Waals surface area contributed by atoms with Gasteiger partial charge in [-0.3, -0.25) is 19.5 Å². The van der Waals surface area contributed by atoms with Crippen molar-refractivity contribution in [1.82, 2.24) is 9.55 Å². The van der Waals surface area contributed by atoms with E-state index in [0.717, 1.165) is 29.5 Å². The normalized spacial score (nSPS) is 16.8. The van der Waals surface area contributed by atoms with Crippen LogP contribution in [0.25, 0.3) is 22.0 Å². The average Bonchev–Trinajstić information content (AvgIpc) is 3.44. The van der Waals surface area contributed by atoms with Crippen molar-refractivity contribution in [2.24, 2.45) is 0 Å². The maximum atomic E-state index is 13.8. The van der Waals surface area contributed by atoms with Gasteiger partial charge in [0.1, 0.15) is 0 Å². The summed E-state index contributed by atoms with van der Waals surface area (Å²) in [7, 11) is 0. The molecule has 7 heteroatoms. The quantitative estimate of drug-likeness (QED) is 0.257. The molecule has 6 nitrogen and oxygen atoms in total. The van der Waals surface area contributed by atoms with E-state index < -0.39 is 0 Å². The number of fused-ring (bicyclic) bond motifs is 1. The van der Waals surface area contributed by atoms with Crippen LogP contribution in [0.15, 0.2) is 108 Å². The Bertz CT molecular complexity index is 1700. The Kier molecular flexibility index (Phi) is 6.97. The van der Waals surface area contributed by atoms with E-state index >= 15 is 0 Å². The Morgan fingerprint density at radius 1 is 0.897 bits per heavy atom. The summed E-state index contributed by atoms with van der Waals surface area (Å²) >= 11 is 6.19. The van der Waals surface area contributed by atoms with Crippen molar-refractivity contribution >= 4 is 34.4 Å². The van der Waals surface area contributed by atoms with E-state index in [0.29, 0.717) is 21.5 Å². The minimum Gasteiger partial charge on any atom is -0.368 e. The summed E-state index contributed by atoms with van der Waals surface area (Å²) in [5.41, 5.74) is 3.75. The second-order valence-electron chi connectivity index (χ2n) is 9.65. The van der Waals surface area contributed by atoms with Crippen LogP contribution in [0.1, 0.15) is 34.9 Å². The molecule has 1 N–H and O–H groups in total. The molecular formula is C32H26ClN3O3. The molecule has 194 valence electrons. The lowest BCUT2D eigenvalue weighted by molar-refractivity contribution is 0.0347. The molecule has 0 saturated carbocycles. The molecular weight excluding hydrogens is 510 g/mol. The van der Waals surface area contributed by atoms with Gasteiger partial charge in [0.15, 0.2) is 0 Å². The fraction of sp³-hybridized carbons (Fsp3) is 0.156. The number of ether oxygens (including phenoxy) is 1. The van der Waals surface area contributed by atoms with Gasteiger partial charge in [-0.1, -0.05) is 78.3 Å². The highest BCUT2D eigenvalue weighted by Gasteiger charge is 2.28. The van der Waals surface area contributed by atoms with Crippen molar-refractivity contribution in [3.8, 4) is 11.1 Å². The molecule has 0 spiro atoms. The third kappa shape index (κ3) is 5.35. The number of amides is 1. The van der Waals surface area contributed by atoms with Crippen LogP contribution in [0, 0.1) is 0 Å². The van der Waals surface area contributed by atoms with Crippen molar-refractivity contribution in [2.75, 3.05) is 5.32 Å². The Labute approximate surface area is 230 Å². The van der Waals surface area contributed by atoms with E-state index in [1.54, 1.807) is 30.3 Å². The van der Waals surface area contributed by atoms with Crippen molar-refractivity contribution in [3.05, 3.63) is 130 Å². The highest BCUT2D eigenvalue weighted by Crippen LogP contribution is 2.34. The molecule has 2 atom stereocenters. The minimum atomic E-state index is -0.334. The molecule has 0 aliphatic carbocycles. The largest absolute Gasteiger partial charge is 0.368 e. The van der Waals surface area contributed by atoms with Crippen molar-refractivity contribution in [1.29, 1.82) is 0 Å². The van der Waals surface area contributed by atoms with E-state index in [4.69, 9.17) is 21.3 Å². The number of carbonyl (C=O) groups excluding carboxylic acids is 1. The first-order chi connectivity index (χ1) is 19.0. The van der Waals surface area contributed by atoms with Gasteiger partial charge in [0, 0.05) is 10.6 Å². The zero-order valence-corrected chi connectivity index (χ0v) is 21.8. The summed E-state index contributed by atoms with van der Waals surface area (Å²) in [6, 6.07) is 32.1. The van der Waals surface area contributed by atoms with Gasteiger partial charge < -0.3 is 4.74 Å². The summed E-state index contributed by atoms with van der Waals surface area (Å²) in [5.74, 6) is -0.139. The Hall–Kier alpha value is -4.26. The van der Waals surface area contributed by atoms with Crippen molar-refractivity contribution in [3.63, 3.8) is 0 Å². The van der Waals surface area contributed by atoms with Crippen LogP contribution in [-0.2, 0) is 11.3 Å². The fourth-order valence-corrected chi connectivity index (χ4v) is 5.25. The van der Waals surface area contributed by atoms with E-state index in [2.05, 4.69) is 5.32 Å². The average molecular weight is 536 g/mol. The number of aromatic nitrogens is 2. The number of carbonyl (C=O) groups is 1. The molecule has 6 rings (SSSR count). The van der Waals surface area contributed by atoms with E-state index in [-0.39, 0.29) is 36.2 Å². The van der Waals surface area contributed by atoms with Crippen molar-refractivity contribution < 1.29 is 9.53 Å². The van der Waals surface area contributed by atoms with Crippen LogP contribution in [0.5, 0.6) is 0 Å². The molecule has 1 aliphatic rings. The number of nitrogens with one attached hydrogen (secondary N) is 1. The first kappa shape index (κ1) is 25.0. The summed E-state index contributed by atoms with van der Waals surface area (Å²) in [6.45, 7) is 0.268. The highest BCUT2D eigenvalue weighted by molar-refractivity contribution is 6.30. The predicted molar refractivity (Wildman–Crippen MR) is 154 cm³/mol. The molecule has 1 fully saturated rings. The second kappa shape index (κ2) is 10.8. The number of halogens is 1. The van der Waals surface area contributed by atoms with Gasteiger partial charge in [-0.05, 0) is 65.9 Å². The van der Waals surface area contributed by atoms with Crippen LogP contribution in [0.2, 0.25) is 5.02 Å². The van der Waals surface area contributed by atoms with Gasteiger partial charge in [0.25, 0.3) is 11.5 Å². The van der Waals surface area contributed by atoms with Crippen LogP contribution in [-0.4, -0.2) is 21.6 Å². The van der Waals surface area contributed by atoms with Crippen molar-refractivity contribution in [2.45, 2.75) is 31.6 Å². The number of hydrogen-bond acceptors (Lipinski definition) is 4. The minimum absolute atomic E-state index is 0.103. The van der Waals surface area contributed by atoms with Crippen LogP contribution >= 0.6 is 11.6 Å². The number of nitrogens with zero attached hydrogens (tertiary/aromatic N) is 2. The first-order valence-corrected chi connectivity index (χ1v) is 13.3. The predicted octanol–water partition coefficient (Wildman–Crippen LogP) is 6.89. The lowest BCUT2D eigenvalue weighted by Gasteiger charge is -2.19. The molecule has 1 saturated heterocycles. The first-order valence-electron chi connectivity index (χ1n) is 12.9. The SMILES string of the molecule is O=C(Nc1nc2cc(-c3ccccc3)ccc2c(=O)n1CC1CCC(c2cccc(Cl)c2)O1)c1ccccc1. The molecule has 0 bridgehead atoms. The summed E-state index contributed by atoms with van der Waals surface area (Å²) in [4.78, 5) is 31.7. The zero-order chi connectivity index (χ0) is 26.8. The van der Waals surface area contributed by atoms with Crippen LogP contribution < -0.4 is 10.9 Å². The van der Waals surface area contributed by atoms with Gasteiger partial charge in [-0.25, -0.2) is 4.98 Å². The molecule has 1 amide bonds. The van der Waals surface area contributed by atoms with Gasteiger partial charge in [0.2, 0.25) is 5.95 Å². The number of hydrogen-bond donors (Lipinski definition) is 1. The Balaban J connectivity index is 1.36. The van der Waals surface area contributed by atoms with Gasteiger partial charge >= 0.3 is 0 Å². The van der Waals surface area contributed by atoms with Gasteiger partial charge in [-0.15, -0.1) is 0 Å². The lowest BCUT2D eigenvalue weighted by atomic mass is 10.0. The molecule has 2 unspecified atom stereocenters. The highest BCUT2D eigenvalue weighted by atomic mass is 35.5. The Morgan fingerprint density at radius 2 is 1.67 bits per heavy atom. The summed E-state index contributed by atoms with van der Waals surface area (Å²) < 4.78 is 7.86. The van der Waals surface area contributed by atoms with Gasteiger partial charge in [-0.2, -0.15) is 0 Å². The topological polar surface area (TPSA) is 73.2 Å². The zero-order valence-electron chi connectivity index (χ0n) is 21.1. The third-order valence-corrected chi connectivity index (χ3v) is 7.27. The smallest absolute Gasteiger partial charge is 0.262 e. The molecule has 0 radical (unpaired) electrons. The summed E-state index contributed by atoms with van der Waals surface area (Å²) in [6.07, 6.45) is 1.25. The molecule has 39 heavy (non-hydrogen) atoms. The molecule has 1 aromatic heterocycles. The molecule has 1 aliphatic heterocycles. The third-order valence-electron chi connectivity index (χ3n) is 7.04. The molecule has 4 aromatic carbocycles. The number of anilines is 1. The molecule has 2 heterocycles. The number of benzene rings is 4. The summed E-state index contributed by atoms with van der Waals surface area (Å²) in [5, 5.41) is 4.03. The maximum Gasteiger partial charge on any atom is 0.262 e. The second-order valence-corrected chi connectivity index (χ2v) is 10.1. The number of rotatable bonds is 6. The van der Waals surface area contributed by atoms with Crippen LogP contribution in [0.4, 0.5) is 5.95 Å². The lowest BCUT2D eigenvalue weighted by Crippen LogP contribution is -2.31. The fourth-order valence-electron chi connectivity index (χ4n) is 5.05. The standard InChI is InChI=1S/C32H26ClN3O3/c33-25-13-7-12-24(18-25)29-17-15-26(39-29)20-36-31(38)27-16-14-23(21-8-3-1-4-9-21)19-28(27)34-32(36)35-30(37)22-10-5-2-6-11-22/h1-14,16,18-19,26,29H,15,17,20H2,(H,34,35,37). The van der Waals surface area contributed by atoms with E-state index in [1.807, 2.05) is 72.8 Å². The van der Waals surface area contributed by atoms with E-state index in [9.17, 15) is 9.59 Å². The van der Waals surface area contributed by atoms with Gasteiger partial charge in [0.05, 0.1) is 29.7 Å².